The molecule has 0 radical (unpaired) electrons. The normalized spacial score (nSPS) is 19.4. The highest BCUT2D eigenvalue weighted by Gasteiger charge is 2.46. The first-order valence-electron chi connectivity index (χ1n) is 11.8. The van der Waals surface area contributed by atoms with Crippen molar-refractivity contribution in [1.82, 2.24) is 10.2 Å². The topological polar surface area (TPSA) is 95.9 Å². The molecule has 2 N–H and O–H groups in total. The molecule has 1 heterocycles. The lowest BCUT2D eigenvalue weighted by molar-refractivity contribution is -0.156. The largest absolute Gasteiger partial charge is 0.480 e. The molecule has 1 aliphatic carbocycles. The zero-order valence-corrected chi connectivity index (χ0v) is 20.0. The van der Waals surface area contributed by atoms with E-state index < -0.39 is 23.0 Å². The zero-order valence-electron chi connectivity index (χ0n) is 20.0. The summed E-state index contributed by atoms with van der Waals surface area (Å²) < 4.78 is 5.58. The van der Waals surface area contributed by atoms with Crippen LogP contribution in [0.3, 0.4) is 0 Å². The third-order valence-corrected chi connectivity index (χ3v) is 7.09. The van der Waals surface area contributed by atoms with Crippen molar-refractivity contribution in [1.29, 1.82) is 0 Å². The molecule has 0 spiro atoms. The van der Waals surface area contributed by atoms with Gasteiger partial charge in [-0.2, -0.15) is 0 Å². The summed E-state index contributed by atoms with van der Waals surface area (Å²) in [5.74, 6) is -1.20. The number of hydrogen-bond donors (Lipinski definition) is 2. The first-order chi connectivity index (χ1) is 16.1. The number of carbonyl (C=O) groups is 3. The molecule has 7 nitrogen and oxygen atoms in total. The molecule has 4 rings (SSSR count). The lowest BCUT2D eigenvalue weighted by Crippen LogP contribution is -2.52. The molecular weight excluding hydrogens is 432 g/mol. The minimum absolute atomic E-state index is 0.0170. The summed E-state index contributed by atoms with van der Waals surface area (Å²) in [7, 11) is 0. The van der Waals surface area contributed by atoms with Gasteiger partial charge < -0.3 is 20.1 Å². The van der Waals surface area contributed by atoms with E-state index in [1.54, 1.807) is 6.92 Å². The van der Waals surface area contributed by atoms with Gasteiger partial charge in [-0.15, -0.1) is 0 Å². The summed E-state index contributed by atoms with van der Waals surface area (Å²) in [6.45, 7) is 6.27. The number of carboxylic acid groups (broad SMARTS) is 1. The van der Waals surface area contributed by atoms with E-state index in [-0.39, 0.29) is 31.4 Å². The molecule has 2 aromatic carbocycles. The summed E-state index contributed by atoms with van der Waals surface area (Å²) in [5.41, 5.74) is 2.92. The molecule has 180 valence electrons. The summed E-state index contributed by atoms with van der Waals surface area (Å²) >= 11 is 0. The Kier molecular flexibility index (Phi) is 6.39. The molecule has 1 aliphatic heterocycles. The molecule has 1 atom stereocenters. The molecule has 2 aromatic rings. The summed E-state index contributed by atoms with van der Waals surface area (Å²) in [6, 6.07) is 16.3. The number of nitrogens with zero attached hydrogens (tertiary/aromatic N) is 1. The van der Waals surface area contributed by atoms with E-state index in [1.807, 2.05) is 38.1 Å². The average molecular weight is 465 g/mol. The Bertz CT molecular complexity index is 1070. The average Bonchev–Trinajstić information content (AvgIpc) is 3.35. The van der Waals surface area contributed by atoms with Gasteiger partial charge in [0.2, 0.25) is 5.91 Å². The van der Waals surface area contributed by atoms with E-state index in [9.17, 15) is 19.5 Å². The van der Waals surface area contributed by atoms with Crippen molar-refractivity contribution in [3.8, 4) is 11.1 Å². The monoisotopic (exact) mass is 464 g/mol. The van der Waals surface area contributed by atoms with Crippen LogP contribution in [0.2, 0.25) is 0 Å². The zero-order chi connectivity index (χ0) is 24.5. The Morgan fingerprint density at radius 1 is 1.09 bits per heavy atom. The fourth-order valence-electron chi connectivity index (χ4n) is 5.11. The van der Waals surface area contributed by atoms with Gasteiger partial charge in [0.1, 0.15) is 12.1 Å². The molecule has 1 saturated heterocycles. The molecule has 34 heavy (non-hydrogen) atoms. The quantitative estimate of drug-likeness (QED) is 0.633. The van der Waals surface area contributed by atoms with Gasteiger partial charge in [0.25, 0.3) is 0 Å². The highest BCUT2D eigenvalue weighted by molar-refractivity contribution is 5.87. The number of carboxylic acids is 1. The van der Waals surface area contributed by atoms with Gasteiger partial charge in [-0.3, -0.25) is 4.79 Å². The Labute approximate surface area is 200 Å². The van der Waals surface area contributed by atoms with E-state index in [2.05, 4.69) is 29.6 Å². The van der Waals surface area contributed by atoms with Crippen LogP contribution in [0.5, 0.6) is 0 Å². The number of rotatable bonds is 7. The maximum atomic E-state index is 12.9. The third kappa shape index (κ3) is 4.52. The third-order valence-electron chi connectivity index (χ3n) is 7.09. The predicted molar refractivity (Wildman–Crippen MR) is 128 cm³/mol. The highest BCUT2D eigenvalue weighted by atomic mass is 16.5. The second-order valence-electron chi connectivity index (χ2n) is 10.2. The molecule has 1 fully saturated rings. The molecule has 0 aromatic heterocycles. The number of ether oxygens (including phenoxy) is 1. The fraction of sp³-hybridized carbons (Fsp3) is 0.444. The number of nitrogens with one attached hydrogen (secondary N) is 1. The number of aliphatic carboxylic acids is 1. The highest BCUT2D eigenvalue weighted by Crippen LogP contribution is 2.44. The van der Waals surface area contributed by atoms with Crippen LogP contribution in [0.15, 0.2) is 48.5 Å². The minimum atomic E-state index is -1.16. The lowest BCUT2D eigenvalue weighted by Gasteiger charge is -2.34. The van der Waals surface area contributed by atoms with Gasteiger partial charge in [-0.05, 0) is 47.4 Å². The second-order valence-corrected chi connectivity index (χ2v) is 10.2. The van der Waals surface area contributed by atoms with Crippen molar-refractivity contribution < 1.29 is 24.2 Å². The number of alkyl carbamates (subject to hydrolysis) is 1. The van der Waals surface area contributed by atoms with E-state index in [0.29, 0.717) is 19.4 Å². The first-order valence-corrected chi connectivity index (χ1v) is 11.8. The number of likely N-dealkylation sites (tertiary alicyclic amines) is 1. The van der Waals surface area contributed by atoms with Crippen LogP contribution >= 0.6 is 0 Å². The molecule has 2 amide bonds. The van der Waals surface area contributed by atoms with Crippen molar-refractivity contribution >= 4 is 18.0 Å². The number of carbonyl (C=O) groups excluding carboxylic acids is 2. The van der Waals surface area contributed by atoms with Crippen LogP contribution in [0.25, 0.3) is 11.1 Å². The standard InChI is InChI=1S/C27H32N2O5/c1-26(2,15-23(30)29-14-8-13-27(29,3)24(31)32)17-28-25(33)34-16-22-20-11-6-4-9-18(20)19-10-5-7-12-21(19)22/h4-7,9-12,22H,8,13-17H2,1-3H3,(H,28,33)(H,31,32). The maximum absolute atomic E-state index is 12.9. The summed E-state index contributed by atoms with van der Waals surface area (Å²) in [4.78, 5) is 38.5. The van der Waals surface area contributed by atoms with E-state index in [1.165, 1.54) is 16.0 Å². The van der Waals surface area contributed by atoms with Crippen molar-refractivity contribution in [2.75, 3.05) is 19.7 Å². The van der Waals surface area contributed by atoms with Crippen LogP contribution < -0.4 is 5.32 Å². The first kappa shape index (κ1) is 23.8. The molecule has 0 saturated carbocycles. The molecule has 0 bridgehead atoms. The van der Waals surface area contributed by atoms with Gasteiger partial charge in [0.05, 0.1) is 0 Å². The van der Waals surface area contributed by atoms with E-state index >= 15 is 0 Å². The Balaban J connectivity index is 1.32. The van der Waals surface area contributed by atoms with E-state index in [4.69, 9.17) is 4.74 Å². The molecule has 7 heteroatoms. The van der Waals surface area contributed by atoms with Crippen LogP contribution in [0.1, 0.15) is 57.1 Å². The van der Waals surface area contributed by atoms with Crippen molar-refractivity contribution in [3.63, 3.8) is 0 Å². The van der Waals surface area contributed by atoms with Crippen molar-refractivity contribution in [3.05, 3.63) is 59.7 Å². The van der Waals surface area contributed by atoms with Crippen LogP contribution in [0.4, 0.5) is 4.79 Å². The fourth-order valence-corrected chi connectivity index (χ4v) is 5.11. The second kappa shape index (κ2) is 9.12. The van der Waals surface area contributed by atoms with E-state index in [0.717, 1.165) is 11.1 Å². The predicted octanol–water partition coefficient (Wildman–Crippen LogP) is 4.41. The van der Waals surface area contributed by atoms with Gasteiger partial charge in [0, 0.05) is 25.4 Å². The smallest absolute Gasteiger partial charge is 0.407 e. The van der Waals surface area contributed by atoms with Crippen molar-refractivity contribution in [2.24, 2.45) is 5.41 Å². The van der Waals surface area contributed by atoms with Crippen LogP contribution in [0, 0.1) is 5.41 Å². The summed E-state index contributed by atoms with van der Waals surface area (Å²) in [5, 5.41) is 12.4. The lowest BCUT2D eigenvalue weighted by atomic mass is 9.88. The number of hydrogen-bond acceptors (Lipinski definition) is 4. The Morgan fingerprint density at radius 3 is 2.26 bits per heavy atom. The Morgan fingerprint density at radius 2 is 1.68 bits per heavy atom. The maximum Gasteiger partial charge on any atom is 0.407 e. The molecule has 1 unspecified atom stereocenters. The number of amides is 2. The minimum Gasteiger partial charge on any atom is -0.480 e. The SMILES string of the molecule is CC(C)(CNC(=O)OCC1c2ccccc2-c2ccccc21)CC(=O)N1CCCC1(C)C(=O)O. The summed E-state index contributed by atoms with van der Waals surface area (Å²) in [6.07, 6.45) is 0.734. The van der Waals surface area contributed by atoms with Gasteiger partial charge in [-0.25, -0.2) is 9.59 Å². The van der Waals surface area contributed by atoms with Crippen molar-refractivity contribution in [2.45, 2.75) is 51.5 Å². The molecule has 2 aliphatic rings. The van der Waals surface area contributed by atoms with Crippen LogP contribution in [-0.4, -0.2) is 53.2 Å². The van der Waals surface area contributed by atoms with Gasteiger partial charge in [-0.1, -0.05) is 62.4 Å². The molecular formula is C27H32N2O5. The Hall–Kier alpha value is -3.35. The van der Waals surface area contributed by atoms with Crippen LogP contribution in [-0.2, 0) is 14.3 Å². The number of benzene rings is 2. The van der Waals surface area contributed by atoms with Gasteiger partial charge >= 0.3 is 12.1 Å². The number of fused-ring (bicyclic) bond motifs is 3. The van der Waals surface area contributed by atoms with Gasteiger partial charge in [0.15, 0.2) is 0 Å².